The number of nitrogens with zero attached hydrogens (tertiary/aromatic N) is 2. The first kappa shape index (κ1) is 18.1. The summed E-state index contributed by atoms with van der Waals surface area (Å²) < 4.78 is 0. The van der Waals surface area contributed by atoms with E-state index in [-0.39, 0.29) is 5.91 Å². The van der Waals surface area contributed by atoms with Gasteiger partial charge < -0.3 is 10.2 Å². The molecule has 2 aromatic carbocycles. The Morgan fingerprint density at radius 2 is 1.77 bits per heavy atom. The zero-order chi connectivity index (χ0) is 18.5. The Balaban J connectivity index is 1.61. The van der Waals surface area contributed by atoms with Crippen LogP contribution in [0, 0.1) is 0 Å². The molecule has 1 heterocycles. The van der Waals surface area contributed by atoms with Crippen LogP contribution in [-0.2, 0) is 13.0 Å². The third-order valence-electron chi connectivity index (χ3n) is 4.20. The molecule has 0 aliphatic rings. The van der Waals surface area contributed by atoms with Crippen LogP contribution in [-0.4, -0.2) is 25.0 Å². The molecule has 0 radical (unpaired) electrons. The molecule has 0 aliphatic heterocycles. The summed E-state index contributed by atoms with van der Waals surface area (Å²) in [7, 11) is 4.02. The van der Waals surface area contributed by atoms with Crippen molar-refractivity contribution in [1.82, 2.24) is 10.3 Å². The highest BCUT2D eigenvalue weighted by Crippen LogP contribution is 2.22. The third kappa shape index (κ3) is 4.29. The van der Waals surface area contributed by atoms with Gasteiger partial charge in [0.1, 0.15) is 0 Å². The van der Waals surface area contributed by atoms with Gasteiger partial charge in [0.15, 0.2) is 0 Å². The lowest BCUT2D eigenvalue weighted by Crippen LogP contribution is -2.22. The van der Waals surface area contributed by atoms with Gasteiger partial charge in [-0.2, -0.15) is 0 Å². The highest BCUT2D eigenvalue weighted by Gasteiger charge is 2.08. The van der Waals surface area contributed by atoms with Crippen molar-refractivity contribution < 1.29 is 4.79 Å². The molecule has 0 saturated carbocycles. The van der Waals surface area contributed by atoms with Gasteiger partial charge in [0.25, 0.3) is 5.91 Å². The molecule has 0 aliphatic carbocycles. The van der Waals surface area contributed by atoms with Crippen LogP contribution in [0.3, 0.4) is 0 Å². The van der Waals surface area contributed by atoms with E-state index in [4.69, 9.17) is 0 Å². The minimum absolute atomic E-state index is 0.0687. The number of aryl methyl sites for hydroxylation is 1. The Labute approximate surface area is 158 Å². The minimum atomic E-state index is -0.0687. The summed E-state index contributed by atoms with van der Waals surface area (Å²) in [4.78, 5) is 19.0. The Bertz CT molecular complexity index is 867. The van der Waals surface area contributed by atoms with Gasteiger partial charge in [-0.15, -0.1) is 11.3 Å². The van der Waals surface area contributed by atoms with Crippen molar-refractivity contribution in [2.45, 2.75) is 19.9 Å². The van der Waals surface area contributed by atoms with Crippen LogP contribution in [0.15, 0.2) is 53.9 Å². The molecule has 4 nitrogen and oxygen atoms in total. The Kier molecular flexibility index (Phi) is 5.68. The number of nitrogens with one attached hydrogen (secondary N) is 1. The predicted octanol–water partition coefficient (Wildman–Crippen LogP) is 4.37. The number of amides is 1. The number of hydrogen-bond acceptors (Lipinski definition) is 4. The highest BCUT2D eigenvalue weighted by molar-refractivity contribution is 7.09. The van der Waals surface area contributed by atoms with E-state index < -0.39 is 0 Å². The summed E-state index contributed by atoms with van der Waals surface area (Å²) in [5.41, 5.74) is 4.89. The van der Waals surface area contributed by atoms with Crippen molar-refractivity contribution in [1.29, 1.82) is 0 Å². The van der Waals surface area contributed by atoms with Crippen LogP contribution < -0.4 is 10.2 Å². The molecule has 1 N–H and O–H groups in total. The van der Waals surface area contributed by atoms with E-state index >= 15 is 0 Å². The molecule has 0 unspecified atom stereocenters. The second-order valence-electron chi connectivity index (χ2n) is 6.30. The molecule has 0 atom stereocenters. The first-order chi connectivity index (χ1) is 12.6. The quantitative estimate of drug-likeness (QED) is 0.705. The topological polar surface area (TPSA) is 45.2 Å². The second-order valence-corrected chi connectivity index (χ2v) is 7.24. The number of rotatable bonds is 6. The smallest absolute Gasteiger partial charge is 0.251 e. The number of aromatic nitrogens is 1. The lowest BCUT2D eigenvalue weighted by atomic mass is 10.1. The molecular weight excluding hydrogens is 342 g/mol. The zero-order valence-electron chi connectivity index (χ0n) is 15.3. The third-order valence-corrected chi connectivity index (χ3v) is 5.20. The fourth-order valence-electron chi connectivity index (χ4n) is 2.59. The average molecular weight is 366 g/mol. The van der Waals surface area contributed by atoms with Crippen LogP contribution >= 0.6 is 11.3 Å². The van der Waals surface area contributed by atoms with Crippen LogP contribution in [0.5, 0.6) is 0 Å². The molecule has 0 fully saturated rings. The van der Waals surface area contributed by atoms with Crippen molar-refractivity contribution >= 4 is 22.9 Å². The number of anilines is 1. The molecule has 1 amide bonds. The molecule has 0 saturated heterocycles. The molecule has 26 heavy (non-hydrogen) atoms. The lowest BCUT2D eigenvalue weighted by molar-refractivity contribution is 0.0951. The molecule has 0 bridgehead atoms. The molecule has 1 aromatic heterocycles. The maximum Gasteiger partial charge on any atom is 0.251 e. The summed E-state index contributed by atoms with van der Waals surface area (Å²) in [6, 6.07) is 15.8. The molecule has 3 rings (SSSR count). The van der Waals surface area contributed by atoms with E-state index in [2.05, 4.69) is 39.6 Å². The Morgan fingerprint density at radius 3 is 2.35 bits per heavy atom. The highest BCUT2D eigenvalue weighted by atomic mass is 32.1. The van der Waals surface area contributed by atoms with Crippen LogP contribution in [0.4, 0.5) is 5.69 Å². The molecular formula is C21H23N3OS. The number of thiazole rings is 1. The number of benzene rings is 2. The van der Waals surface area contributed by atoms with E-state index in [0.29, 0.717) is 12.1 Å². The zero-order valence-corrected chi connectivity index (χ0v) is 16.1. The van der Waals surface area contributed by atoms with Gasteiger partial charge in [0.05, 0.1) is 10.7 Å². The van der Waals surface area contributed by atoms with E-state index in [9.17, 15) is 4.79 Å². The summed E-state index contributed by atoms with van der Waals surface area (Å²) in [5, 5.41) is 6.16. The van der Waals surface area contributed by atoms with Crippen molar-refractivity contribution in [3.05, 3.63) is 70.0 Å². The predicted molar refractivity (Wildman–Crippen MR) is 109 cm³/mol. The maximum absolute atomic E-state index is 12.4. The number of carbonyl (C=O) groups is 1. The van der Waals surface area contributed by atoms with E-state index in [0.717, 1.165) is 33.9 Å². The first-order valence-electron chi connectivity index (χ1n) is 8.66. The van der Waals surface area contributed by atoms with Crippen molar-refractivity contribution in [2.24, 2.45) is 0 Å². The van der Waals surface area contributed by atoms with Crippen LogP contribution in [0.1, 0.15) is 27.9 Å². The largest absolute Gasteiger partial charge is 0.378 e. The van der Waals surface area contributed by atoms with Gasteiger partial charge in [0.2, 0.25) is 0 Å². The molecule has 0 spiro atoms. The molecule has 5 heteroatoms. The van der Waals surface area contributed by atoms with E-state index in [1.807, 2.05) is 50.5 Å². The monoisotopic (exact) mass is 365 g/mol. The van der Waals surface area contributed by atoms with Crippen LogP contribution in [0.25, 0.3) is 11.3 Å². The van der Waals surface area contributed by atoms with Gasteiger partial charge in [-0.25, -0.2) is 4.98 Å². The van der Waals surface area contributed by atoms with Gasteiger partial charge in [-0.3, -0.25) is 4.79 Å². The average Bonchev–Trinajstić information content (AvgIpc) is 3.16. The summed E-state index contributed by atoms with van der Waals surface area (Å²) in [6.45, 7) is 2.62. The summed E-state index contributed by atoms with van der Waals surface area (Å²) in [5.74, 6) is -0.0687. The van der Waals surface area contributed by atoms with Gasteiger partial charge in [0, 0.05) is 42.8 Å². The Morgan fingerprint density at radius 1 is 1.08 bits per heavy atom. The minimum Gasteiger partial charge on any atom is -0.378 e. The van der Waals surface area contributed by atoms with Gasteiger partial charge in [-0.1, -0.05) is 31.2 Å². The van der Waals surface area contributed by atoms with E-state index in [1.54, 1.807) is 11.3 Å². The fraction of sp³-hybridized carbons (Fsp3) is 0.238. The molecule has 134 valence electrons. The standard InChI is InChI=1S/C21H23N3OS/c1-4-20-23-19(14-26-20)16-7-9-17(10-8-16)21(25)22-13-15-5-11-18(12-6-15)24(2)3/h5-12,14H,4,13H2,1-3H3,(H,22,25). The lowest BCUT2D eigenvalue weighted by Gasteiger charge is -2.13. The Hall–Kier alpha value is -2.66. The van der Waals surface area contributed by atoms with Gasteiger partial charge >= 0.3 is 0 Å². The van der Waals surface area contributed by atoms with Crippen molar-refractivity contribution in [3.8, 4) is 11.3 Å². The molecule has 3 aromatic rings. The second kappa shape index (κ2) is 8.15. The SMILES string of the molecule is CCc1nc(-c2ccc(C(=O)NCc3ccc(N(C)C)cc3)cc2)cs1. The summed E-state index contributed by atoms with van der Waals surface area (Å²) in [6.07, 6.45) is 0.945. The maximum atomic E-state index is 12.4. The van der Waals surface area contributed by atoms with Crippen molar-refractivity contribution in [2.75, 3.05) is 19.0 Å². The van der Waals surface area contributed by atoms with Gasteiger partial charge in [-0.05, 0) is 36.2 Å². The number of hydrogen-bond donors (Lipinski definition) is 1. The number of carbonyl (C=O) groups excluding carboxylic acids is 1. The summed E-state index contributed by atoms with van der Waals surface area (Å²) >= 11 is 1.67. The van der Waals surface area contributed by atoms with Crippen LogP contribution in [0.2, 0.25) is 0 Å². The first-order valence-corrected chi connectivity index (χ1v) is 9.54. The van der Waals surface area contributed by atoms with Crippen molar-refractivity contribution in [3.63, 3.8) is 0 Å². The normalized spacial score (nSPS) is 10.6. The fourth-order valence-corrected chi connectivity index (χ4v) is 3.35. The van der Waals surface area contributed by atoms with E-state index in [1.165, 1.54) is 0 Å².